The standard InChI is InChI=1S/C25H36N2O6/c1-3-4-6-9-16(2)26-23(29)21(12-17-10-7-5-8-11-17)27-22(28)18-13-19(24(30)31)15-20(14-18)25(32)33/h5,7-8,10-11,16,18-21H,3-4,6,9,12-15H2,1-2H3,(H,26,29)(H,27,28)(H,30,31)(H,32,33)/t16?,18?,19-,20+,21-/m0/s1. The highest BCUT2D eigenvalue weighted by Gasteiger charge is 2.40. The molecule has 2 amide bonds. The summed E-state index contributed by atoms with van der Waals surface area (Å²) in [6.45, 7) is 4.05. The molecule has 182 valence electrons. The lowest BCUT2D eigenvalue weighted by molar-refractivity contribution is -0.150. The summed E-state index contributed by atoms with van der Waals surface area (Å²) in [4.78, 5) is 49.1. The first-order valence-electron chi connectivity index (χ1n) is 11.8. The van der Waals surface area contributed by atoms with Crippen LogP contribution in [0, 0.1) is 17.8 Å². The average Bonchev–Trinajstić information content (AvgIpc) is 2.79. The Morgan fingerprint density at radius 2 is 1.48 bits per heavy atom. The summed E-state index contributed by atoms with van der Waals surface area (Å²) in [6, 6.07) is 8.46. The third-order valence-electron chi connectivity index (χ3n) is 6.32. The number of nitrogens with one attached hydrogen (secondary N) is 2. The fourth-order valence-corrected chi connectivity index (χ4v) is 4.40. The van der Waals surface area contributed by atoms with Gasteiger partial charge in [-0.1, -0.05) is 56.5 Å². The lowest BCUT2D eigenvalue weighted by atomic mass is 9.74. The second-order valence-electron chi connectivity index (χ2n) is 9.13. The minimum Gasteiger partial charge on any atom is -0.481 e. The number of rotatable bonds is 12. The molecule has 1 fully saturated rings. The van der Waals surface area contributed by atoms with Crippen LogP contribution in [0.3, 0.4) is 0 Å². The molecule has 1 saturated carbocycles. The fourth-order valence-electron chi connectivity index (χ4n) is 4.40. The number of benzene rings is 1. The summed E-state index contributed by atoms with van der Waals surface area (Å²) in [7, 11) is 0. The number of carbonyl (C=O) groups is 4. The van der Waals surface area contributed by atoms with Crippen LogP contribution in [0.1, 0.15) is 64.4 Å². The third-order valence-corrected chi connectivity index (χ3v) is 6.32. The van der Waals surface area contributed by atoms with Gasteiger partial charge < -0.3 is 20.8 Å². The predicted molar refractivity (Wildman–Crippen MR) is 123 cm³/mol. The second kappa shape index (κ2) is 13.0. The van der Waals surface area contributed by atoms with Crippen molar-refractivity contribution in [1.82, 2.24) is 10.6 Å². The number of aliphatic carboxylic acids is 2. The van der Waals surface area contributed by atoms with Crippen LogP contribution in [-0.4, -0.2) is 46.0 Å². The van der Waals surface area contributed by atoms with E-state index in [-0.39, 0.29) is 37.6 Å². The van der Waals surface area contributed by atoms with Crippen LogP contribution in [0.15, 0.2) is 30.3 Å². The Balaban J connectivity index is 2.11. The zero-order valence-electron chi connectivity index (χ0n) is 19.5. The molecule has 1 aromatic rings. The number of hydrogen-bond donors (Lipinski definition) is 4. The summed E-state index contributed by atoms with van der Waals surface area (Å²) in [5.41, 5.74) is 0.882. The summed E-state index contributed by atoms with van der Waals surface area (Å²) in [5, 5.41) is 24.6. The molecule has 0 bridgehead atoms. The number of carbonyl (C=O) groups excluding carboxylic acids is 2. The van der Waals surface area contributed by atoms with Gasteiger partial charge in [0.15, 0.2) is 0 Å². The Kier molecular flexibility index (Phi) is 10.4. The number of unbranched alkanes of at least 4 members (excludes halogenated alkanes) is 2. The van der Waals surface area contributed by atoms with Crippen molar-refractivity contribution in [1.29, 1.82) is 0 Å². The van der Waals surface area contributed by atoms with E-state index in [2.05, 4.69) is 17.6 Å². The van der Waals surface area contributed by atoms with Gasteiger partial charge in [-0.15, -0.1) is 0 Å². The van der Waals surface area contributed by atoms with Crippen molar-refractivity contribution >= 4 is 23.8 Å². The van der Waals surface area contributed by atoms with Gasteiger partial charge in [0.05, 0.1) is 11.8 Å². The van der Waals surface area contributed by atoms with Gasteiger partial charge in [-0.05, 0) is 38.2 Å². The first-order chi connectivity index (χ1) is 15.7. The van der Waals surface area contributed by atoms with Crippen LogP contribution in [0.25, 0.3) is 0 Å². The minimum absolute atomic E-state index is 0.0116. The number of amides is 2. The maximum absolute atomic E-state index is 13.1. The van der Waals surface area contributed by atoms with Crippen LogP contribution in [-0.2, 0) is 25.6 Å². The number of carboxylic acid groups (broad SMARTS) is 2. The zero-order valence-corrected chi connectivity index (χ0v) is 19.5. The molecule has 8 heteroatoms. The number of carboxylic acids is 2. The molecule has 0 saturated heterocycles. The molecule has 5 atom stereocenters. The molecule has 0 radical (unpaired) electrons. The van der Waals surface area contributed by atoms with Crippen molar-refractivity contribution in [2.45, 2.75) is 77.3 Å². The highest BCUT2D eigenvalue weighted by Crippen LogP contribution is 2.34. The van der Waals surface area contributed by atoms with E-state index in [1.807, 2.05) is 37.3 Å². The second-order valence-corrected chi connectivity index (χ2v) is 9.13. The quantitative estimate of drug-likeness (QED) is 0.355. The molecular weight excluding hydrogens is 424 g/mol. The molecule has 1 aromatic carbocycles. The van der Waals surface area contributed by atoms with E-state index < -0.39 is 41.6 Å². The maximum Gasteiger partial charge on any atom is 0.306 e. The van der Waals surface area contributed by atoms with Crippen LogP contribution in [0.2, 0.25) is 0 Å². The molecule has 2 rings (SSSR count). The monoisotopic (exact) mass is 460 g/mol. The summed E-state index contributed by atoms with van der Waals surface area (Å²) in [6.07, 6.45) is 4.45. The first-order valence-corrected chi connectivity index (χ1v) is 11.8. The minimum atomic E-state index is -1.10. The van der Waals surface area contributed by atoms with Gasteiger partial charge in [0.1, 0.15) is 6.04 Å². The van der Waals surface area contributed by atoms with Crippen LogP contribution in [0.4, 0.5) is 0 Å². The predicted octanol–water partition coefficient (Wildman–Crippen LogP) is 3.00. The van der Waals surface area contributed by atoms with E-state index in [9.17, 15) is 29.4 Å². The van der Waals surface area contributed by atoms with Gasteiger partial charge in [-0.25, -0.2) is 0 Å². The summed E-state index contributed by atoms with van der Waals surface area (Å²) < 4.78 is 0. The van der Waals surface area contributed by atoms with E-state index >= 15 is 0 Å². The fraction of sp³-hybridized carbons (Fsp3) is 0.600. The SMILES string of the molecule is CCCCCC(C)NC(=O)[C@H](Cc1ccccc1)NC(=O)C1C[C@@H](C(=O)O)C[C@@H](C(=O)O)C1. The van der Waals surface area contributed by atoms with Crippen molar-refractivity contribution < 1.29 is 29.4 Å². The Morgan fingerprint density at radius 1 is 0.909 bits per heavy atom. The molecule has 0 aromatic heterocycles. The van der Waals surface area contributed by atoms with Crippen LogP contribution in [0.5, 0.6) is 0 Å². The molecule has 4 N–H and O–H groups in total. The highest BCUT2D eigenvalue weighted by atomic mass is 16.4. The lowest BCUT2D eigenvalue weighted by Crippen LogP contribution is -2.52. The lowest BCUT2D eigenvalue weighted by Gasteiger charge is -2.31. The van der Waals surface area contributed by atoms with E-state index in [0.717, 1.165) is 31.2 Å². The largest absolute Gasteiger partial charge is 0.481 e. The molecular formula is C25H36N2O6. The van der Waals surface area contributed by atoms with Crippen LogP contribution < -0.4 is 10.6 Å². The van der Waals surface area contributed by atoms with Crippen molar-refractivity contribution in [2.24, 2.45) is 17.8 Å². The van der Waals surface area contributed by atoms with E-state index in [1.165, 1.54) is 0 Å². The van der Waals surface area contributed by atoms with Gasteiger partial charge in [0.2, 0.25) is 11.8 Å². The van der Waals surface area contributed by atoms with E-state index in [4.69, 9.17) is 0 Å². The Morgan fingerprint density at radius 3 is 2.03 bits per heavy atom. The Labute approximate surface area is 195 Å². The van der Waals surface area contributed by atoms with Crippen molar-refractivity contribution in [3.63, 3.8) is 0 Å². The highest BCUT2D eigenvalue weighted by molar-refractivity contribution is 5.89. The molecule has 1 aliphatic rings. The maximum atomic E-state index is 13.1. The summed E-state index contributed by atoms with van der Waals surface area (Å²) >= 11 is 0. The molecule has 8 nitrogen and oxygen atoms in total. The van der Waals surface area contributed by atoms with E-state index in [0.29, 0.717) is 0 Å². The van der Waals surface area contributed by atoms with Crippen molar-refractivity contribution in [3.05, 3.63) is 35.9 Å². The van der Waals surface area contributed by atoms with Gasteiger partial charge in [-0.3, -0.25) is 19.2 Å². The first kappa shape index (κ1) is 26.4. The average molecular weight is 461 g/mol. The molecule has 1 aliphatic carbocycles. The van der Waals surface area contributed by atoms with E-state index in [1.54, 1.807) is 0 Å². The number of hydrogen-bond acceptors (Lipinski definition) is 4. The van der Waals surface area contributed by atoms with Gasteiger partial charge in [0, 0.05) is 18.4 Å². The zero-order chi connectivity index (χ0) is 24.4. The molecule has 33 heavy (non-hydrogen) atoms. The Hall–Kier alpha value is -2.90. The molecule has 0 aliphatic heterocycles. The van der Waals surface area contributed by atoms with Crippen molar-refractivity contribution in [2.75, 3.05) is 0 Å². The summed E-state index contributed by atoms with van der Waals surface area (Å²) in [5.74, 6) is -5.52. The molecule has 2 unspecified atom stereocenters. The normalized spacial score (nSPS) is 22.1. The van der Waals surface area contributed by atoms with Crippen LogP contribution >= 0.6 is 0 Å². The third kappa shape index (κ3) is 8.51. The Bertz CT molecular complexity index is 790. The topological polar surface area (TPSA) is 133 Å². The smallest absolute Gasteiger partial charge is 0.306 e. The van der Waals surface area contributed by atoms with Gasteiger partial charge >= 0.3 is 11.9 Å². The van der Waals surface area contributed by atoms with Gasteiger partial charge in [0.25, 0.3) is 0 Å². The molecule has 0 spiro atoms. The van der Waals surface area contributed by atoms with Gasteiger partial charge in [-0.2, -0.15) is 0 Å². The molecule has 0 heterocycles. The van der Waals surface area contributed by atoms with Crippen molar-refractivity contribution in [3.8, 4) is 0 Å².